The number of unbranched alkanes of at least 4 members (excludes halogenated alkanes) is 1. The smallest absolute Gasteiger partial charge is 0.340 e. The molecule has 1 saturated heterocycles. The van der Waals surface area contributed by atoms with E-state index in [-0.39, 0.29) is 5.97 Å². The van der Waals surface area contributed by atoms with Gasteiger partial charge in [-0.3, -0.25) is 0 Å². The second-order valence-corrected chi connectivity index (χ2v) is 7.08. The molecule has 2 aromatic rings. The maximum atomic E-state index is 12.6. The van der Waals surface area contributed by atoms with Crippen molar-refractivity contribution in [1.82, 2.24) is 9.47 Å². The van der Waals surface area contributed by atoms with Crippen molar-refractivity contribution in [2.75, 3.05) is 26.2 Å². The van der Waals surface area contributed by atoms with Gasteiger partial charge >= 0.3 is 5.97 Å². The molecule has 0 saturated carbocycles. The van der Waals surface area contributed by atoms with Gasteiger partial charge in [0.1, 0.15) is 0 Å². The Bertz CT molecular complexity index is 699. The molecule has 1 aliphatic rings. The fourth-order valence-electron chi connectivity index (χ4n) is 3.70. The van der Waals surface area contributed by atoms with E-state index >= 15 is 0 Å². The lowest BCUT2D eigenvalue weighted by Crippen LogP contribution is -2.36. The zero-order chi connectivity index (χ0) is 17.6. The van der Waals surface area contributed by atoms with Gasteiger partial charge in [-0.25, -0.2) is 4.79 Å². The lowest BCUT2D eigenvalue weighted by molar-refractivity contribution is 0.0374. The Balaban J connectivity index is 1.55. The summed E-state index contributed by atoms with van der Waals surface area (Å²) in [4.78, 5) is 15.1. The second kappa shape index (κ2) is 8.52. The van der Waals surface area contributed by atoms with Crippen molar-refractivity contribution in [3.8, 4) is 0 Å². The van der Waals surface area contributed by atoms with Gasteiger partial charge in [0.05, 0.1) is 12.2 Å². The summed E-state index contributed by atoms with van der Waals surface area (Å²) in [5, 5.41) is 0.990. The number of rotatable bonds is 7. The Morgan fingerprint density at radius 2 is 1.96 bits per heavy atom. The van der Waals surface area contributed by atoms with Crippen molar-refractivity contribution >= 4 is 16.9 Å². The average molecular weight is 342 g/mol. The van der Waals surface area contributed by atoms with Crippen LogP contribution in [-0.4, -0.2) is 41.7 Å². The molecule has 1 aromatic heterocycles. The SMILES string of the molecule is CCCCN1CCC(COC(=O)c2cn(CC)c3ccccc23)CC1. The van der Waals surface area contributed by atoms with Crippen LogP contribution in [0.25, 0.3) is 10.9 Å². The first kappa shape index (κ1) is 18.0. The number of hydrogen-bond donors (Lipinski definition) is 0. The summed E-state index contributed by atoms with van der Waals surface area (Å²) in [5.74, 6) is 0.318. The van der Waals surface area contributed by atoms with Gasteiger partial charge in [0.2, 0.25) is 0 Å². The molecule has 0 bridgehead atoms. The van der Waals surface area contributed by atoms with Crippen LogP contribution >= 0.6 is 0 Å². The summed E-state index contributed by atoms with van der Waals surface area (Å²) >= 11 is 0. The molecule has 1 fully saturated rings. The predicted molar refractivity (Wildman–Crippen MR) is 102 cm³/mol. The van der Waals surface area contributed by atoms with E-state index < -0.39 is 0 Å². The van der Waals surface area contributed by atoms with Crippen molar-refractivity contribution < 1.29 is 9.53 Å². The minimum absolute atomic E-state index is 0.184. The van der Waals surface area contributed by atoms with Gasteiger partial charge in [0, 0.05) is 23.6 Å². The molecular weight excluding hydrogens is 312 g/mol. The maximum Gasteiger partial charge on any atom is 0.340 e. The normalized spacial score (nSPS) is 16.4. The highest BCUT2D eigenvalue weighted by Gasteiger charge is 2.22. The summed E-state index contributed by atoms with van der Waals surface area (Å²) in [5.41, 5.74) is 1.79. The highest BCUT2D eigenvalue weighted by molar-refractivity contribution is 6.04. The van der Waals surface area contributed by atoms with Gasteiger partial charge in [-0.05, 0) is 57.8 Å². The van der Waals surface area contributed by atoms with Crippen molar-refractivity contribution in [3.05, 3.63) is 36.0 Å². The van der Waals surface area contributed by atoms with E-state index in [1.165, 1.54) is 19.4 Å². The zero-order valence-electron chi connectivity index (χ0n) is 15.5. The van der Waals surface area contributed by atoms with Crippen molar-refractivity contribution in [1.29, 1.82) is 0 Å². The van der Waals surface area contributed by atoms with Crippen LogP contribution in [0.15, 0.2) is 30.5 Å². The Kier molecular flexibility index (Phi) is 6.14. The summed E-state index contributed by atoms with van der Waals surface area (Å²) < 4.78 is 7.79. The second-order valence-electron chi connectivity index (χ2n) is 7.08. The van der Waals surface area contributed by atoms with E-state index in [0.29, 0.717) is 18.1 Å². The lowest BCUT2D eigenvalue weighted by Gasteiger charge is -2.31. The first-order valence-electron chi connectivity index (χ1n) is 9.70. The number of carbonyl (C=O) groups is 1. The number of fused-ring (bicyclic) bond motifs is 1. The van der Waals surface area contributed by atoms with Crippen LogP contribution < -0.4 is 0 Å². The minimum Gasteiger partial charge on any atom is -0.462 e. The number of ether oxygens (including phenoxy) is 1. The quantitative estimate of drug-likeness (QED) is 0.702. The monoisotopic (exact) mass is 342 g/mol. The largest absolute Gasteiger partial charge is 0.462 e. The first-order chi connectivity index (χ1) is 12.2. The number of carbonyl (C=O) groups excluding carboxylic acids is 1. The van der Waals surface area contributed by atoms with Crippen molar-refractivity contribution in [2.24, 2.45) is 5.92 Å². The molecular formula is C21H30N2O2. The molecule has 0 aliphatic carbocycles. The van der Waals surface area contributed by atoms with Gasteiger partial charge < -0.3 is 14.2 Å². The number of aryl methyl sites for hydroxylation is 1. The first-order valence-corrected chi connectivity index (χ1v) is 9.70. The number of para-hydroxylation sites is 1. The maximum absolute atomic E-state index is 12.6. The van der Waals surface area contributed by atoms with Crippen LogP contribution in [0.4, 0.5) is 0 Å². The van der Waals surface area contributed by atoms with E-state index in [4.69, 9.17) is 4.74 Å². The van der Waals surface area contributed by atoms with Crippen molar-refractivity contribution in [3.63, 3.8) is 0 Å². The Morgan fingerprint density at radius 3 is 2.68 bits per heavy atom. The topological polar surface area (TPSA) is 34.5 Å². The van der Waals surface area contributed by atoms with Gasteiger partial charge in [0.25, 0.3) is 0 Å². The summed E-state index contributed by atoms with van der Waals surface area (Å²) in [7, 11) is 0. The molecule has 4 heteroatoms. The number of esters is 1. The summed E-state index contributed by atoms with van der Waals surface area (Å²) in [6, 6.07) is 8.05. The number of piperidine rings is 1. The number of nitrogens with zero attached hydrogens (tertiary/aromatic N) is 2. The van der Waals surface area contributed by atoms with Crippen LogP contribution in [-0.2, 0) is 11.3 Å². The van der Waals surface area contributed by atoms with E-state index in [2.05, 4.69) is 29.4 Å². The lowest BCUT2D eigenvalue weighted by atomic mass is 9.97. The third-order valence-corrected chi connectivity index (χ3v) is 5.33. The average Bonchev–Trinajstić information content (AvgIpc) is 3.04. The molecule has 0 unspecified atom stereocenters. The van der Waals surface area contributed by atoms with Gasteiger partial charge in [0.15, 0.2) is 0 Å². The molecule has 4 nitrogen and oxygen atoms in total. The van der Waals surface area contributed by atoms with Gasteiger partial charge in [-0.2, -0.15) is 0 Å². The Hall–Kier alpha value is -1.81. The van der Waals surface area contributed by atoms with E-state index in [1.807, 2.05) is 24.4 Å². The molecule has 2 heterocycles. The third kappa shape index (κ3) is 4.24. The molecule has 0 spiro atoms. The number of benzene rings is 1. The fraction of sp³-hybridized carbons (Fsp3) is 0.571. The fourth-order valence-corrected chi connectivity index (χ4v) is 3.70. The summed E-state index contributed by atoms with van der Waals surface area (Å²) in [6.07, 6.45) is 6.73. The molecule has 1 aliphatic heterocycles. The van der Waals surface area contributed by atoms with Gasteiger partial charge in [-0.15, -0.1) is 0 Å². The van der Waals surface area contributed by atoms with E-state index in [1.54, 1.807) is 0 Å². The minimum atomic E-state index is -0.184. The van der Waals surface area contributed by atoms with E-state index in [0.717, 1.165) is 43.4 Å². The number of likely N-dealkylation sites (tertiary alicyclic amines) is 1. The predicted octanol–water partition coefficient (Wildman–Crippen LogP) is 4.33. The molecule has 25 heavy (non-hydrogen) atoms. The van der Waals surface area contributed by atoms with Gasteiger partial charge in [-0.1, -0.05) is 31.5 Å². The van der Waals surface area contributed by atoms with Crippen LogP contribution in [0, 0.1) is 5.92 Å². The van der Waals surface area contributed by atoms with Crippen LogP contribution in [0.3, 0.4) is 0 Å². The van der Waals surface area contributed by atoms with Crippen LogP contribution in [0.1, 0.15) is 49.9 Å². The van der Waals surface area contributed by atoms with E-state index in [9.17, 15) is 4.79 Å². The number of aromatic nitrogens is 1. The molecule has 0 radical (unpaired) electrons. The Labute approximate surface area is 150 Å². The van der Waals surface area contributed by atoms with Crippen LogP contribution in [0.5, 0.6) is 0 Å². The Morgan fingerprint density at radius 1 is 1.20 bits per heavy atom. The molecule has 0 amide bonds. The molecule has 136 valence electrons. The standard InChI is InChI=1S/C21H30N2O2/c1-3-5-12-22-13-10-17(11-14-22)16-25-21(24)19-15-23(4-2)20-9-7-6-8-18(19)20/h6-9,15,17H,3-5,10-14,16H2,1-2H3. The summed E-state index contributed by atoms with van der Waals surface area (Å²) in [6.45, 7) is 9.21. The number of hydrogen-bond acceptors (Lipinski definition) is 3. The highest BCUT2D eigenvalue weighted by Crippen LogP contribution is 2.23. The third-order valence-electron chi connectivity index (χ3n) is 5.33. The van der Waals surface area contributed by atoms with Crippen molar-refractivity contribution in [2.45, 2.75) is 46.1 Å². The van der Waals surface area contributed by atoms with Crippen LogP contribution in [0.2, 0.25) is 0 Å². The zero-order valence-corrected chi connectivity index (χ0v) is 15.5. The highest BCUT2D eigenvalue weighted by atomic mass is 16.5. The molecule has 0 atom stereocenters. The molecule has 1 aromatic carbocycles. The molecule has 0 N–H and O–H groups in total. The molecule has 3 rings (SSSR count).